The van der Waals surface area contributed by atoms with Crippen LogP contribution in [0.25, 0.3) is 11.5 Å². The van der Waals surface area contributed by atoms with Crippen LogP contribution in [0.5, 0.6) is 0 Å². The highest BCUT2D eigenvalue weighted by Crippen LogP contribution is 2.12. The fourth-order valence-electron chi connectivity index (χ4n) is 1.28. The van der Waals surface area contributed by atoms with Crippen molar-refractivity contribution >= 4 is 5.97 Å². The highest BCUT2D eigenvalue weighted by molar-refractivity contribution is 5.85. The number of H-pyrrole nitrogens is 1. The fourth-order valence-corrected chi connectivity index (χ4v) is 1.28. The van der Waals surface area contributed by atoms with E-state index in [1.54, 1.807) is 26.2 Å². The molecule has 0 spiro atoms. The van der Waals surface area contributed by atoms with Crippen LogP contribution >= 0.6 is 0 Å². The Labute approximate surface area is 91.4 Å². The number of rotatable bonds is 3. The molecule has 0 aliphatic heterocycles. The lowest BCUT2D eigenvalue weighted by atomic mass is 10.4. The summed E-state index contributed by atoms with van der Waals surface area (Å²) in [5, 5.41) is 10.5. The van der Waals surface area contributed by atoms with Gasteiger partial charge in [-0.3, -0.25) is 5.10 Å². The van der Waals surface area contributed by atoms with Crippen molar-refractivity contribution in [3.05, 3.63) is 18.1 Å². The van der Waals surface area contributed by atoms with E-state index in [1.165, 1.54) is 4.68 Å². The molecule has 2 rings (SSSR count). The predicted octanol–water partition coefficient (Wildman–Crippen LogP) is 0.382. The van der Waals surface area contributed by atoms with E-state index in [2.05, 4.69) is 20.3 Å². The first-order chi connectivity index (χ1) is 7.72. The Hall–Kier alpha value is -2.18. The number of hydrogen-bond donors (Lipinski definition) is 1. The Morgan fingerprint density at radius 1 is 1.62 bits per heavy atom. The fraction of sp³-hybridized carbons (Fsp3) is 0.333. The quantitative estimate of drug-likeness (QED) is 0.757. The molecule has 16 heavy (non-hydrogen) atoms. The van der Waals surface area contributed by atoms with Gasteiger partial charge in [0.1, 0.15) is 5.69 Å². The zero-order chi connectivity index (χ0) is 11.5. The second-order valence-corrected chi connectivity index (χ2v) is 3.07. The van der Waals surface area contributed by atoms with Crippen molar-refractivity contribution in [1.82, 2.24) is 25.0 Å². The van der Waals surface area contributed by atoms with E-state index in [0.29, 0.717) is 18.1 Å². The van der Waals surface area contributed by atoms with Crippen molar-refractivity contribution in [3.63, 3.8) is 0 Å². The van der Waals surface area contributed by atoms with Gasteiger partial charge in [0.25, 0.3) is 5.82 Å². The Kier molecular flexibility index (Phi) is 2.67. The molecule has 1 N–H and O–H groups in total. The molecule has 0 aliphatic rings. The summed E-state index contributed by atoms with van der Waals surface area (Å²) in [6, 6.07) is 1.75. The van der Waals surface area contributed by atoms with E-state index in [-0.39, 0.29) is 5.82 Å². The first-order valence-electron chi connectivity index (χ1n) is 4.80. The Balaban J connectivity index is 2.32. The molecule has 0 aliphatic carbocycles. The minimum Gasteiger partial charge on any atom is -0.460 e. The van der Waals surface area contributed by atoms with Crippen LogP contribution in [0.3, 0.4) is 0 Å². The van der Waals surface area contributed by atoms with Crippen molar-refractivity contribution in [2.24, 2.45) is 7.05 Å². The van der Waals surface area contributed by atoms with Crippen LogP contribution in [-0.2, 0) is 11.8 Å². The van der Waals surface area contributed by atoms with Gasteiger partial charge in [0.2, 0.25) is 0 Å². The summed E-state index contributed by atoms with van der Waals surface area (Å²) < 4.78 is 6.31. The number of carbonyl (C=O) groups is 1. The van der Waals surface area contributed by atoms with Crippen LogP contribution in [0.15, 0.2) is 12.3 Å². The summed E-state index contributed by atoms with van der Waals surface area (Å²) in [7, 11) is 1.70. The lowest BCUT2D eigenvalue weighted by Gasteiger charge is -1.94. The third-order valence-corrected chi connectivity index (χ3v) is 1.96. The molecule has 0 unspecified atom stereocenters. The average Bonchev–Trinajstić information content (AvgIpc) is 2.86. The monoisotopic (exact) mass is 221 g/mol. The maximum atomic E-state index is 11.4. The van der Waals surface area contributed by atoms with E-state index >= 15 is 0 Å². The van der Waals surface area contributed by atoms with Gasteiger partial charge < -0.3 is 4.74 Å². The van der Waals surface area contributed by atoms with Crippen molar-refractivity contribution in [3.8, 4) is 11.5 Å². The van der Waals surface area contributed by atoms with Crippen molar-refractivity contribution < 1.29 is 9.53 Å². The molecular formula is C9H11N5O2. The highest BCUT2D eigenvalue weighted by atomic mass is 16.5. The van der Waals surface area contributed by atoms with Gasteiger partial charge >= 0.3 is 5.97 Å². The molecule has 0 amide bonds. The van der Waals surface area contributed by atoms with Gasteiger partial charge in [-0.2, -0.15) is 10.1 Å². The third kappa shape index (κ3) is 1.79. The number of aromatic amines is 1. The zero-order valence-electron chi connectivity index (χ0n) is 8.97. The zero-order valence-corrected chi connectivity index (χ0v) is 8.97. The van der Waals surface area contributed by atoms with Crippen LogP contribution in [0.4, 0.5) is 0 Å². The molecular weight excluding hydrogens is 210 g/mol. The van der Waals surface area contributed by atoms with Crippen LogP contribution < -0.4 is 0 Å². The predicted molar refractivity (Wildman–Crippen MR) is 54.5 cm³/mol. The normalized spacial score (nSPS) is 10.4. The smallest absolute Gasteiger partial charge is 0.378 e. The number of ether oxygens (including phenoxy) is 1. The number of esters is 1. The maximum absolute atomic E-state index is 11.4. The van der Waals surface area contributed by atoms with Crippen LogP contribution in [-0.4, -0.2) is 37.5 Å². The van der Waals surface area contributed by atoms with E-state index in [0.717, 1.165) is 0 Å². The molecule has 0 bridgehead atoms. The lowest BCUT2D eigenvalue weighted by Crippen LogP contribution is -2.07. The van der Waals surface area contributed by atoms with Gasteiger partial charge in [-0.05, 0) is 13.0 Å². The number of carbonyl (C=O) groups excluding carboxylic acids is 1. The van der Waals surface area contributed by atoms with Crippen molar-refractivity contribution in [2.45, 2.75) is 6.92 Å². The summed E-state index contributed by atoms with van der Waals surface area (Å²) in [5.41, 5.74) is 0.700. The standard InChI is InChI=1S/C9H11N5O2/c1-3-16-9(15)7-11-8(14(2)13-7)6-4-5-10-12-6/h4-5H,3H2,1-2H3,(H,10,12). The van der Waals surface area contributed by atoms with Gasteiger partial charge in [0.15, 0.2) is 5.82 Å². The number of nitrogens with one attached hydrogen (secondary N) is 1. The lowest BCUT2D eigenvalue weighted by molar-refractivity contribution is 0.0512. The average molecular weight is 221 g/mol. The topological polar surface area (TPSA) is 85.7 Å². The second-order valence-electron chi connectivity index (χ2n) is 3.07. The van der Waals surface area contributed by atoms with Gasteiger partial charge in [0.05, 0.1) is 6.61 Å². The van der Waals surface area contributed by atoms with E-state index in [1.807, 2.05) is 0 Å². The molecule has 0 saturated heterocycles. The maximum Gasteiger partial charge on any atom is 0.378 e. The van der Waals surface area contributed by atoms with Crippen molar-refractivity contribution in [1.29, 1.82) is 0 Å². The summed E-state index contributed by atoms with van der Waals surface area (Å²) in [5.74, 6) is 0.0679. The minimum absolute atomic E-state index is 0.0500. The Morgan fingerprint density at radius 3 is 3.06 bits per heavy atom. The van der Waals surface area contributed by atoms with Gasteiger partial charge in [0, 0.05) is 13.2 Å². The number of hydrogen-bond acceptors (Lipinski definition) is 5. The molecule has 2 aromatic rings. The van der Waals surface area contributed by atoms with Crippen LogP contribution in [0.1, 0.15) is 17.5 Å². The third-order valence-electron chi connectivity index (χ3n) is 1.96. The number of aryl methyl sites for hydroxylation is 1. The molecule has 84 valence electrons. The molecule has 0 radical (unpaired) electrons. The second kappa shape index (κ2) is 4.13. The Bertz CT molecular complexity index is 488. The Morgan fingerprint density at radius 2 is 2.44 bits per heavy atom. The van der Waals surface area contributed by atoms with Gasteiger partial charge in [-0.15, -0.1) is 5.10 Å². The first-order valence-corrected chi connectivity index (χ1v) is 4.80. The first kappa shape index (κ1) is 10.3. The molecule has 0 aromatic carbocycles. The minimum atomic E-state index is -0.524. The number of nitrogens with zero attached hydrogens (tertiary/aromatic N) is 4. The molecule has 7 heteroatoms. The van der Waals surface area contributed by atoms with E-state index < -0.39 is 5.97 Å². The molecule has 0 atom stereocenters. The van der Waals surface area contributed by atoms with Crippen LogP contribution in [0, 0.1) is 0 Å². The SMILES string of the molecule is CCOC(=O)c1nc(-c2ccn[nH]2)n(C)n1. The van der Waals surface area contributed by atoms with Crippen molar-refractivity contribution in [2.75, 3.05) is 6.61 Å². The van der Waals surface area contributed by atoms with E-state index in [4.69, 9.17) is 4.74 Å². The molecule has 2 heterocycles. The summed E-state index contributed by atoms with van der Waals surface area (Å²) in [4.78, 5) is 15.5. The molecule has 2 aromatic heterocycles. The number of aromatic nitrogens is 5. The molecule has 7 nitrogen and oxygen atoms in total. The largest absolute Gasteiger partial charge is 0.460 e. The van der Waals surface area contributed by atoms with Gasteiger partial charge in [-0.25, -0.2) is 9.48 Å². The summed E-state index contributed by atoms with van der Waals surface area (Å²) >= 11 is 0. The van der Waals surface area contributed by atoms with Crippen LogP contribution in [0.2, 0.25) is 0 Å². The summed E-state index contributed by atoms with van der Waals surface area (Å²) in [6.45, 7) is 2.03. The van der Waals surface area contributed by atoms with E-state index in [9.17, 15) is 4.79 Å². The molecule has 0 fully saturated rings. The molecule has 0 saturated carbocycles. The highest BCUT2D eigenvalue weighted by Gasteiger charge is 2.17. The summed E-state index contributed by atoms with van der Waals surface area (Å²) in [6.07, 6.45) is 1.61. The van der Waals surface area contributed by atoms with Gasteiger partial charge in [-0.1, -0.05) is 0 Å².